The molecule has 0 unspecified atom stereocenters. The monoisotopic (exact) mass is 519 g/mol. The van der Waals surface area contributed by atoms with Crippen molar-refractivity contribution in [1.82, 2.24) is 20.1 Å². The number of nitriles is 1. The van der Waals surface area contributed by atoms with Crippen LogP contribution in [0.5, 0.6) is 0 Å². The highest BCUT2D eigenvalue weighted by Gasteiger charge is 2.23. The average Bonchev–Trinajstić information content (AvgIpc) is 3.09. The van der Waals surface area contributed by atoms with Gasteiger partial charge in [-0.3, -0.25) is 14.3 Å². The smallest absolute Gasteiger partial charge is 0.408 e. The molecule has 1 amide bonds. The maximum Gasteiger partial charge on any atom is 0.419 e. The lowest BCUT2D eigenvalue weighted by Gasteiger charge is -2.26. The second-order valence-electron chi connectivity index (χ2n) is 9.66. The Kier molecular flexibility index (Phi) is 8.51. The van der Waals surface area contributed by atoms with Crippen molar-refractivity contribution in [2.75, 3.05) is 52.5 Å². The SMILES string of the molecule is N#C[C@H](Cc1ccc(-c2ccc3oc(=O)n(CCN4CCOCC4)c3c2)cc1)NC(=O)[C@@H]1CNCCCO1. The predicted molar refractivity (Wildman–Crippen MR) is 142 cm³/mol. The predicted octanol–water partition coefficient (Wildman–Crippen LogP) is 1.52. The number of nitrogens with zero attached hydrogens (tertiary/aromatic N) is 3. The van der Waals surface area contributed by atoms with Crippen LogP contribution in [0.15, 0.2) is 51.7 Å². The zero-order valence-corrected chi connectivity index (χ0v) is 21.4. The van der Waals surface area contributed by atoms with Gasteiger partial charge in [0.15, 0.2) is 5.58 Å². The molecular formula is C28H33N5O5. The maximum atomic E-state index is 12.6. The van der Waals surface area contributed by atoms with Crippen molar-refractivity contribution in [1.29, 1.82) is 5.26 Å². The first kappa shape index (κ1) is 26.1. The van der Waals surface area contributed by atoms with Crippen molar-refractivity contribution in [2.45, 2.75) is 31.5 Å². The van der Waals surface area contributed by atoms with Gasteiger partial charge >= 0.3 is 5.76 Å². The number of aromatic nitrogens is 1. The summed E-state index contributed by atoms with van der Waals surface area (Å²) in [5.74, 6) is -0.619. The molecule has 2 fully saturated rings. The standard InChI is InChI=1S/C28H33N5O5/c29-18-23(31-27(34)26-19-30-8-1-13-37-26)16-20-2-4-21(5-3-20)22-6-7-25-24(17-22)33(28(35)38-25)10-9-32-11-14-36-15-12-32/h2-7,17,23,26,30H,1,8-16,19H2,(H,31,34)/t23-,26-/m0/s1. The molecule has 2 saturated heterocycles. The van der Waals surface area contributed by atoms with Crippen molar-refractivity contribution < 1.29 is 18.7 Å². The Balaban J connectivity index is 1.25. The Morgan fingerprint density at radius 3 is 2.68 bits per heavy atom. The zero-order chi connectivity index (χ0) is 26.3. The van der Waals surface area contributed by atoms with Crippen LogP contribution in [0.1, 0.15) is 12.0 Å². The van der Waals surface area contributed by atoms with E-state index < -0.39 is 12.1 Å². The summed E-state index contributed by atoms with van der Waals surface area (Å²) in [6.45, 7) is 6.27. The van der Waals surface area contributed by atoms with Crippen molar-refractivity contribution in [3.63, 3.8) is 0 Å². The third kappa shape index (κ3) is 6.31. The molecule has 3 heterocycles. The van der Waals surface area contributed by atoms with E-state index in [1.807, 2.05) is 42.5 Å². The van der Waals surface area contributed by atoms with Crippen molar-refractivity contribution in [3.8, 4) is 17.2 Å². The normalized spacial score (nSPS) is 19.5. The van der Waals surface area contributed by atoms with Crippen LogP contribution in [-0.2, 0) is 27.2 Å². The topological polar surface area (TPSA) is 122 Å². The number of oxazole rings is 1. The third-order valence-electron chi connectivity index (χ3n) is 7.05. The van der Waals surface area contributed by atoms with Gasteiger partial charge in [-0.25, -0.2) is 4.79 Å². The van der Waals surface area contributed by atoms with Crippen LogP contribution in [0, 0.1) is 11.3 Å². The number of rotatable bonds is 8. The lowest BCUT2D eigenvalue weighted by Crippen LogP contribution is -2.46. The van der Waals surface area contributed by atoms with Crippen LogP contribution in [0.4, 0.5) is 0 Å². The van der Waals surface area contributed by atoms with E-state index in [2.05, 4.69) is 21.6 Å². The summed E-state index contributed by atoms with van der Waals surface area (Å²) >= 11 is 0. The first-order chi connectivity index (χ1) is 18.6. The minimum absolute atomic E-state index is 0.268. The molecule has 2 aliphatic heterocycles. The van der Waals surface area contributed by atoms with Gasteiger partial charge in [-0.15, -0.1) is 0 Å². The van der Waals surface area contributed by atoms with Crippen LogP contribution >= 0.6 is 0 Å². The fraction of sp³-hybridized carbons (Fsp3) is 0.464. The molecule has 5 rings (SSSR count). The molecular weight excluding hydrogens is 486 g/mol. The Morgan fingerprint density at radius 2 is 1.89 bits per heavy atom. The van der Waals surface area contributed by atoms with Crippen molar-refractivity contribution >= 4 is 17.0 Å². The first-order valence-corrected chi connectivity index (χ1v) is 13.2. The van der Waals surface area contributed by atoms with E-state index in [-0.39, 0.29) is 11.7 Å². The molecule has 2 atom stereocenters. The van der Waals surface area contributed by atoms with E-state index in [1.165, 1.54) is 0 Å². The molecule has 0 radical (unpaired) electrons. The summed E-state index contributed by atoms with van der Waals surface area (Å²) in [4.78, 5) is 27.4. The summed E-state index contributed by atoms with van der Waals surface area (Å²) in [6.07, 6.45) is 0.669. The van der Waals surface area contributed by atoms with E-state index in [9.17, 15) is 14.9 Å². The highest BCUT2D eigenvalue weighted by molar-refractivity contribution is 5.82. The highest BCUT2D eigenvalue weighted by atomic mass is 16.5. The molecule has 0 aliphatic carbocycles. The first-order valence-electron chi connectivity index (χ1n) is 13.2. The molecule has 10 heteroatoms. The third-order valence-corrected chi connectivity index (χ3v) is 7.05. The fourth-order valence-electron chi connectivity index (χ4n) is 4.87. The number of fused-ring (bicyclic) bond motifs is 1. The molecule has 3 aromatic rings. The van der Waals surface area contributed by atoms with E-state index in [0.29, 0.717) is 31.7 Å². The Hall–Kier alpha value is -3.49. The number of benzene rings is 2. The van der Waals surface area contributed by atoms with Gasteiger partial charge in [-0.2, -0.15) is 5.26 Å². The number of amides is 1. The second kappa shape index (κ2) is 12.4. The van der Waals surface area contributed by atoms with Crippen LogP contribution in [-0.4, -0.2) is 80.1 Å². The van der Waals surface area contributed by atoms with E-state index in [1.54, 1.807) is 4.57 Å². The fourth-order valence-corrected chi connectivity index (χ4v) is 4.87. The van der Waals surface area contributed by atoms with Crippen LogP contribution < -0.4 is 16.4 Å². The number of hydrogen-bond acceptors (Lipinski definition) is 8. The van der Waals surface area contributed by atoms with Gasteiger partial charge in [0.05, 0.1) is 24.8 Å². The highest BCUT2D eigenvalue weighted by Crippen LogP contribution is 2.25. The largest absolute Gasteiger partial charge is 0.419 e. The van der Waals surface area contributed by atoms with Gasteiger partial charge in [0.25, 0.3) is 5.91 Å². The molecule has 1 aromatic heterocycles. The van der Waals surface area contributed by atoms with Gasteiger partial charge in [-0.1, -0.05) is 30.3 Å². The van der Waals surface area contributed by atoms with Gasteiger partial charge in [0.1, 0.15) is 12.1 Å². The Morgan fingerprint density at radius 1 is 1.11 bits per heavy atom. The lowest BCUT2D eigenvalue weighted by molar-refractivity contribution is -0.132. The molecule has 2 aromatic carbocycles. The second-order valence-corrected chi connectivity index (χ2v) is 9.66. The molecule has 2 N–H and O–H groups in total. The molecule has 0 saturated carbocycles. The molecule has 0 bridgehead atoms. The van der Waals surface area contributed by atoms with Gasteiger partial charge in [0, 0.05) is 45.8 Å². The Labute approximate surface area is 221 Å². The quantitative estimate of drug-likeness (QED) is 0.460. The average molecular weight is 520 g/mol. The number of hydrogen-bond donors (Lipinski definition) is 2. The van der Waals surface area contributed by atoms with Crippen LogP contribution in [0.3, 0.4) is 0 Å². The molecule has 38 heavy (non-hydrogen) atoms. The van der Waals surface area contributed by atoms with E-state index >= 15 is 0 Å². The number of nitrogens with one attached hydrogen (secondary N) is 2. The number of morpholine rings is 1. The van der Waals surface area contributed by atoms with Gasteiger partial charge in [-0.05, 0) is 41.8 Å². The number of carbonyl (C=O) groups excluding carboxylic acids is 1. The minimum Gasteiger partial charge on any atom is -0.408 e. The van der Waals surface area contributed by atoms with Crippen molar-refractivity contribution in [2.24, 2.45) is 0 Å². The van der Waals surface area contributed by atoms with Gasteiger partial charge in [0.2, 0.25) is 0 Å². The molecule has 10 nitrogen and oxygen atoms in total. The van der Waals surface area contributed by atoms with Gasteiger partial charge < -0.3 is 24.5 Å². The van der Waals surface area contributed by atoms with Crippen LogP contribution in [0.25, 0.3) is 22.2 Å². The summed E-state index contributed by atoms with van der Waals surface area (Å²) in [6, 6.07) is 15.2. The summed E-state index contributed by atoms with van der Waals surface area (Å²) in [7, 11) is 0. The number of carbonyl (C=O) groups is 1. The molecule has 2 aliphatic rings. The van der Waals surface area contributed by atoms with E-state index in [0.717, 1.165) is 68.0 Å². The summed E-state index contributed by atoms with van der Waals surface area (Å²) in [5.41, 5.74) is 4.23. The van der Waals surface area contributed by atoms with E-state index in [4.69, 9.17) is 13.9 Å². The molecule has 0 spiro atoms. The zero-order valence-electron chi connectivity index (χ0n) is 21.4. The summed E-state index contributed by atoms with van der Waals surface area (Å²) in [5, 5.41) is 15.6. The van der Waals surface area contributed by atoms with Crippen LogP contribution in [0.2, 0.25) is 0 Å². The minimum atomic E-state index is -0.650. The van der Waals surface area contributed by atoms with Crippen molar-refractivity contribution in [3.05, 3.63) is 58.6 Å². The summed E-state index contributed by atoms with van der Waals surface area (Å²) < 4.78 is 18.2. The number of ether oxygens (including phenoxy) is 2. The molecule has 200 valence electrons. The Bertz CT molecular complexity index is 1330. The lowest BCUT2D eigenvalue weighted by atomic mass is 10.0. The maximum absolute atomic E-state index is 12.6.